The molecule has 0 aliphatic heterocycles. The zero-order valence-electron chi connectivity index (χ0n) is 8.24. The number of rotatable bonds is 1. The molecular formula is C9H6BrF3N4. The molecule has 1 heterocycles. The third kappa shape index (κ3) is 2.57. The van der Waals surface area contributed by atoms with Crippen LogP contribution in [0.5, 0.6) is 0 Å². The number of hydrogen-bond donors (Lipinski definition) is 1. The van der Waals surface area contributed by atoms with E-state index in [9.17, 15) is 13.2 Å². The first-order valence-electron chi connectivity index (χ1n) is 4.42. The molecular weight excluding hydrogens is 301 g/mol. The standard InChI is InChI=1S/C9H6BrF3N4/c10-6-1-5(9(11,12)13)2-7(3-6)17-4-8(14)15-16-17/h1-4H,14H2. The van der Waals surface area contributed by atoms with Crippen molar-refractivity contribution in [3.05, 3.63) is 34.4 Å². The van der Waals surface area contributed by atoms with Gasteiger partial charge in [0.1, 0.15) is 0 Å². The Hall–Kier alpha value is -1.57. The average molecular weight is 307 g/mol. The summed E-state index contributed by atoms with van der Waals surface area (Å²) in [5.74, 6) is 0.138. The SMILES string of the molecule is Nc1cn(-c2cc(Br)cc(C(F)(F)F)c2)nn1. The van der Waals surface area contributed by atoms with Crippen LogP contribution in [0.3, 0.4) is 0 Å². The number of aromatic nitrogens is 3. The van der Waals surface area contributed by atoms with Crippen LogP contribution in [0.2, 0.25) is 0 Å². The Bertz CT molecular complexity index is 549. The second-order valence-corrected chi connectivity index (χ2v) is 4.20. The van der Waals surface area contributed by atoms with Gasteiger partial charge < -0.3 is 5.73 Å². The van der Waals surface area contributed by atoms with Crippen LogP contribution in [-0.2, 0) is 6.18 Å². The smallest absolute Gasteiger partial charge is 0.381 e. The van der Waals surface area contributed by atoms with Crippen molar-refractivity contribution in [2.24, 2.45) is 0 Å². The molecule has 0 radical (unpaired) electrons. The number of hydrogen-bond acceptors (Lipinski definition) is 3. The highest BCUT2D eigenvalue weighted by Gasteiger charge is 2.31. The Labute approximate surface area is 102 Å². The second kappa shape index (κ2) is 4.02. The molecule has 17 heavy (non-hydrogen) atoms. The molecule has 0 aliphatic rings. The lowest BCUT2D eigenvalue weighted by Gasteiger charge is -2.09. The van der Waals surface area contributed by atoms with Gasteiger partial charge in [-0.3, -0.25) is 0 Å². The van der Waals surface area contributed by atoms with Crippen LogP contribution in [0, 0.1) is 0 Å². The highest BCUT2D eigenvalue weighted by Crippen LogP contribution is 2.32. The van der Waals surface area contributed by atoms with Gasteiger partial charge >= 0.3 is 6.18 Å². The van der Waals surface area contributed by atoms with E-state index >= 15 is 0 Å². The summed E-state index contributed by atoms with van der Waals surface area (Å²) >= 11 is 3.02. The minimum absolute atomic E-state index is 0.138. The fourth-order valence-corrected chi connectivity index (χ4v) is 1.75. The number of nitrogens with two attached hydrogens (primary N) is 1. The van der Waals surface area contributed by atoms with Crippen molar-refractivity contribution < 1.29 is 13.2 Å². The molecule has 1 aromatic heterocycles. The Morgan fingerprint density at radius 3 is 2.47 bits per heavy atom. The van der Waals surface area contributed by atoms with Gasteiger partial charge in [-0.2, -0.15) is 13.2 Å². The van der Waals surface area contributed by atoms with Crippen molar-refractivity contribution in [1.82, 2.24) is 15.0 Å². The van der Waals surface area contributed by atoms with Crippen LogP contribution in [0.25, 0.3) is 5.69 Å². The topological polar surface area (TPSA) is 56.7 Å². The Morgan fingerprint density at radius 1 is 1.24 bits per heavy atom. The molecule has 0 spiro atoms. The van der Waals surface area contributed by atoms with Crippen molar-refractivity contribution in [1.29, 1.82) is 0 Å². The average Bonchev–Trinajstić information content (AvgIpc) is 2.62. The van der Waals surface area contributed by atoms with E-state index in [0.717, 1.165) is 12.1 Å². The molecule has 4 nitrogen and oxygen atoms in total. The highest BCUT2D eigenvalue weighted by atomic mass is 79.9. The van der Waals surface area contributed by atoms with Gasteiger partial charge in [-0.15, -0.1) is 5.10 Å². The predicted octanol–water partition coefficient (Wildman–Crippen LogP) is 2.63. The van der Waals surface area contributed by atoms with Gasteiger partial charge in [0.05, 0.1) is 17.4 Å². The summed E-state index contributed by atoms with van der Waals surface area (Å²) in [6.45, 7) is 0. The lowest BCUT2D eigenvalue weighted by atomic mass is 10.2. The minimum Gasteiger partial charge on any atom is -0.381 e. The maximum atomic E-state index is 12.6. The van der Waals surface area contributed by atoms with Gasteiger partial charge in [-0.05, 0) is 18.2 Å². The number of anilines is 1. The van der Waals surface area contributed by atoms with Gasteiger partial charge in [0, 0.05) is 4.47 Å². The van der Waals surface area contributed by atoms with Gasteiger partial charge in [-0.25, -0.2) is 4.68 Å². The van der Waals surface area contributed by atoms with Gasteiger partial charge in [0.15, 0.2) is 5.82 Å². The monoisotopic (exact) mass is 306 g/mol. The number of nitrogens with zero attached hydrogens (tertiary/aromatic N) is 3. The zero-order valence-corrected chi connectivity index (χ0v) is 9.83. The fourth-order valence-electron chi connectivity index (χ4n) is 1.27. The molecule has 2 aromatic rings. The summed E-state index contributed by atoms with van der Waals surface area (Å²) in [6.07, 6.45) is -3.08. The predicted molar refractivity (Wildman–Crippen MR) is 58.5 cm³/mol. The molecule has 0 saturated heterocycles. The van der Waals surface area contributed by atoms with Gasteiger partial charge in [-0.1, -0.05) is 21.1 Å². The van der Waals surface area contributed by atoms with Crippen molar-refractivity contribution in [3.8, 4) is 5.69 Å². The molecule has 0 fully saturated rings. The van der Waals surface area contributed by atoms with E-state index in [0.29, 0.717) is 4.47 Å². The summed E-state index contributed by atoms with van der Waals surface area (Å²) < 4.78 is 39.2. The zero-order chi connectivity index (χ0) is 12.6. The van der Waals surface area contributed by atoms with E-state index < -0.39 is 11.7 Å². The fraction of sp³-hybridized carbons (Fsp3) is 0.111. The van der Waals surface area contributed by atoms with E-state index in [1.807, 2.05) is 0 Å². The van der Waals surface area contributed by atoms with Crippen molar-refractivity contribution in [2.45, 2.75) is 6.18 Å². The third-order valence-electron chi connectivity index (χ3n) is 1.99. The van der Waals surface area contributed by atoms with Crippen LogP contribution >= 0.6 is 15.9 Å². The summed E-state index contributed by atoms with van der Waals surface area (Å²) in [4.78, 5) is 0. The van der Waals surface area contributed by atoms with E-state index in [1.165, 1.54) is 16.9 Å². The lowest BCUT2D eigenvalue weighted by molar-refractivity contribution is -0.137. The maximum absolute atomic E-state index is 12.6. The number of benzene rings is 1. The first kappa shape index (κ1) is 11.9. The molecule has 0 unspecified atom stereocenters. The summed E-state index contributed by atoms with van der Waals surface area (Å²) in [6, 6.07) is 3.45. The summed E-state index contributed by atoms with van der Waals surface area (Å²) in [7, 11) is 0. The van der Waals surface area contributed by atoms with Gasteiger partial charge in [0.25, 0.3) is 0 Å². The first-order chi connectivity index (χ1) is 7.86. The molecule has 2 N–H and O–H groups in total. The van der Waals surface area contributed by atoms with Crippen LogP contribution in [0.4, 0.5) is 19.0 Å². The molecule has 2 rings (SSSR count). The Morgan fingerprint density at radius 2 is 1.94 bits per heavy atom. The van der Waals surface area contributed by atoms with Crippen LogP contribution in [0.1, 0.15) is 5.56 Å². The van der Waals surface area contributed by atoms with E-state index in [1.54, 1.807) is 0 Å². The molecule has 0 atom stereocenters. The number of halogens is 4. The van der Waals surface area contributed by atoms with Crippen molar-refractivity contribution in [3.63, 3.8) is 0 Å². The lowest BCUT2D eigenvalue weighted by Crippen LogP contribution is -2.06. The Kier molecular flexibility index (Phi) is 2.82. The summed E-state index contributed by atoms with van der Waals surface area (Å²) in [5, 5.41) is 7.11. The molecule has 0 bridgehead atoms. The van der Waals surface area contributed by atoms with E-state index in [4.69, 9.17) is 5.73 Å². The minimum atomic E-state index is -4.41. The van der Waals surface area contributed by atoms with E-state index in [2.05, 4.69) is 26.2 Å². The quantitative estimate of drug-likeness (QED) is 0.881. The van der Waals surface area contributed by atoms with Crippen LogP contribution < -0.4 is 5.73 Å². The largest absolute Gasteiger partial charge is 0.416 e. The highest BCUT2D eigenvalue weighted by molar-refractivity contribution is 9.10. The van der Waals surface area contributed by atoms with Crippen molar-refractivity contribution >= 4 is 21.7 Å². The number of nitrogen functional groups attached to an aromatic ring is 1. The molecule has 8 heteroatoms. The Balaban J connectivity index is 2.52. The summed E-state index contributed by atoms with van der Waals surface area (Å²) in [5.41, 5.74) is 4.81. The molecule has 0 aliphatic carbocycles. The maximum Gasteiger partial charge on any atom is 0.416 e. The molecule has 0 amide bonds. The first-order valence-corrected chi connectivity index (χ1v) is 5.21. The van der Waals surface area contributed by atoms with Crippen molar-refractivity contribution in [2.75, 3.05) is 5.73 Å². The van der Waals surface area contributed by atoms with Crippen LogP contribution in [-0.4, -0.2) is 15.0 Å². The molecule has 0 saturated carbocycles. The third-order valence-corrected chi connectivity index (χ3v) is 2.44. The molecule has 1 aromatic carbocycles. The second-order valence-electron chi connectivity index (χ2n) is 3.28. The number of alkyl halides is 3. The van der Waals surface area contributed by atoms with Crippen LogP contribution in [0.15, 0.2) is 28.9 Å². The van der Waals surface area contributed by atoms with Gasteiger partial charge in [0.2, 0.25) is 0 Å². The molecule has 90 valence electrons. The normalized spacial score (nSPS) is 11.8. The van der Waals surface area contributed by atoms with E-state index in [-0.39, 0.29) is 11.5 Å².